The van der Waals surface area contributed by atoms with Gasteiger partial charge in [-0.1, -0.05) is 39.5 Å². The zero-order valence-electron chi connectivity index (χ0n) is 10.7. The zero-order valence-corrected chi connectivity index (χ0v) is 10.7. The number of carboxylic acids is 1. The predicted octanol–water partition coefficient (Wildman–Crippen LogP) is 2.12. The molecule has 5 heteroatoms. The van der Waals surface area contributed by atoms with Crippen LogP contribution in [0.4, 0.5) is 0 Å². The molecule has 0 atom stereocenters. The fourth-order valence-electron chi connectivity index (χ4n) is 1.56. The quantitative estimate of drug-likeness (QED) is 0.578. The maximum absolute atomic E-state index is 11.7. The van der Waals surface area contributed by atoms with Crippen molar-refractivity contribution < 1.29 is 19.5 Å². The monoisotopic (exact) mass is 245 g/mol. The van der Waals surface area contributed by atoms with E-state index < -0.39 is 12.6 Å². The first-order valence-corrected chi connectivity index (χ1v) is 6.25. The molecule has 0 aliphatic rings. The Morgan fingerprint density at radius 2 is 1.71 bits per heavy atom. The van der Waals surface area contributed by atoms with Crippen LogP contribution in [-0.4, -0.2) is 23.6 Å². The Hall–Kier alpha value is -1.10. The highest BCUT2D eigenvalue weighted by Crippen LogP contribution is 2.16. The van der Waals surface area contributed by atoms with Crippen LogP contribution in [0.15, 0.2) is 0 Å². The summed E-state index contributed by atoms with van der Waals surface area (Å²) in [7, 11) is 0. The van der Waals surface area contributed by atoms with Gasteiger partial charge in [-0.2, -0.15) is 0 Å². The molecule has 0 bridgehead atoms. The van der Waals surface area contributed by atoms with Crippen molar-refractivity contribution in [2.24, 2.45) is 5.92 Å². The van der Waals surface area contributed by atoms with Crippen LogP contribution < -0.4 is 5.48 Å². The molecule has 1 amide bonds. The first kappa shape index (κ1) is 15.9. The number of unbranched alkanes of at least 4 members (excludes halogenated alkanes) is 2. The SMILES string of the molecule is CCCCC(CCCC)C(=O)NOCC(=O)O. The third kappa shape index (κ3) is 8.68. The van der Waals surface area contributed by atoms with E-state index in [9.17, 15) is 9.59 Å². The summed E-state index contributed by atoms with van der Waals surface area (Å²) in [4.78, 5) is 26.5. The lowest BCUT2D eigenvalue weighted by atomic mass is 9.95. The fourth-order valence-corrected chi connectivity index (χ4v) is 1.56. The van der Waals surface area contributed by atoms with E-state index in [0.717, 1.165) is 38.5 Å². The average Bonchev–Trinajstić information content (AvgIpc) is 2.28. The molecule has 100 valence electrons. The fraction of sp³-hybridized carbons (Fsp3) is 0.833. The van der Waals surface area contributed by atoms with Gasteiger partial charge in [-0.25, -0.2) is 10.3 Å². The standard InChI is InChI=1S/C12H23NO4/c1-3-5-7-10(8-6-4-2)12(16)13-17-9-11(14)15/h10H,3-9H2,1-2H3,(H,13,16)(H,14,15). The Balaban J connectivity index is 3.97. The van der Waals surface area contributed by atoms with Crippen molar-refractivity contribution in [1.29, 1.82) is 0 Å². The third-order valence-corrected chi connectivity index (χ3v) is 2.55. The highest BCUT2D eigenvalue weighted by molar-refractivity contribution is 5.77. The largest absolute Gasteiger partial charge is 0.479 e. The van der Waals surface area contributed by atoms with Crippen LogP contribution in [0.1, 0.15) is 52.4 Å². The van der Waals surface area contributed by atoms with Gasteiger partial charge < -0.3 is 5.11 Å². The maximum atomic E-state index is 11.7. The number of carbonyl (C=O) groups is 2. The van der Waals surface area contributed by atoms with Crippen LogP contribution in [0.5, 0.6) is 0 Å². The minimum absolute atomic E-state index is 0.0660. The van der Waals surface area contributed by atoms with Gasteiger partial charge in [0.1, 0.15) is 0 Å². The summed E-state index contributed by atoms with van der Waals surface area (Å²) in [6.07, 6.45) is 5.76. The highest BCUT2D eigenvalue weighted by Gasteiger charge is 2.17. The maximum Gasteiger partial charge on any atom is 0.332 e. The molecule has 0 saturated heterocycles. The van der Waals surface area contributed by atoms with Gasteiger partial charge in [0.25, 0.3) is 0 Å². The van der Waals surface area contributed by atoms with Crippen LogP contribution in [0, 0.1) is 5.92 Å². The van der Waals surface area contributed by atoms with E-state index in [0.29, 0.717) is 0 Å². The minimum Gasteiger partial charge on any atom is -0.479 e. The van der Waals surface area contributed by atoms with Gasteiger partial charge in [0.05, 0.1) is 0 Å². The number of amides is 1. The van der Waals surface area contributed by atoms with Crippen LogP contribution in [0.25, 0.3) is 0 Å². The summed E-state index contributed by atoms with van der Waals surface area (Å²) in [5, 5.41) is 8.37. The van der Waals surface area contributed by atoms with Crippen LogP contribution in [0.3, 0.4) is 0 Å². The third-order valence-electron chi connectivity index (χ3n) is 2.55. The molecule has 0 unspecified atom stereocenters. The van der Waals surface area contributed by atoms with Crippen LogP contribution >= 0.6 is 0 Å². The number of rotatable bonds is 10. The summed E-state index contributed by atoms with van der Waals surface area (Å²) in [6.45, 7) is 3.66. The highest BCUT2D eigenvalue weighted by atomic mass is 16.7. The first-order valence-electron chi connectivity index (χ1n) is 6.25. The summed E-state index contributed by atoms with van der Waals surface area (Å²) >= 11 is 0. The van der Waals surface area contributed by atoms with Crippen molar-refractivity contribution in [2.45, 2.75) is 52.4 Å². The van der Waals surface area contributed by atoms with E-state index >= 15 is 0 Å². The summed E-state index contributed by atoms with van der Waals surface area (Å²) < 4.78 is 0. The van der Waals surface area contributed by atoms with E-state index in [1.807, 2.05) is 0 Å². The lowest BCUT2D eigenvalue weighted by Crippen LogP contribution is -2.32. The minimum atomic E-state index is -1.09. The Kier molecular flexibility index (Phi) is 9.43. The molecule has 17 heavy (non-hydrogen) atoms. The van der Waals surface area contributed by atoms with Crippen molar-refractivity contribution in [3.05, 3.63) is 0 Å². The number of hydroxylamine groups is 1. The van der Waals surface area contributed by atoms with Gasteiger partial charge in [0, 0.05) is 5.92 Å². The van der Waals surface area contributed by atoms with Gasteiger partial charge in [0.2, 0.25) is 5.91 Å². The number of carboxylic acid groups (broad SMARTS) is 1. The molecule has 0 aromatic heterocycles. The van der Waals surface area contributed by atoms with Crippen LogP contribution in [-0.2, 0) is 14.4 Å². The number of hydrogen-bond acceptors (Lipinski definition) is 3. The molecule has 0 heterocycles. The van der Waals surface area contributed by atoms with E-state index in [1.165, 1.54) is 0 Å². The molecule has 0 aliphatic heterocycles. The van der Waals surface area contributed by atoms with Crippen molar-refractivity contribution in [1.82, 2.24) is 5.48 Å². The molecule has 0 saturated carbocycles. The Labute approximate surface area is 102 Å². The molecule has 2 N–H and O–H groups in total. The number of aliphatic carboxylic acids is 1. The van der Waals surface area contributed by atoms with Gasteiger partial charge in [0.15, 0.2) is 6.61 Å². The predicted molar refractivity (Wildman–Crippen MR) is 64.3 cm³/mol. The summed E-state index contributed by atoms with van der Waals surface area (Å²) in [6, 6.07) is 0. The molecule has 0 radical (unpaired) electrons. The van der Waals surface area contributed by atoms with E-state index in [4.69, 9.17) is 5.11 Å². The second kappa shape index (κ2) is 10.1. The molecule has 0 aromatic rings. The van der Waals surface area contributed by atoms with Crippen molar-refractivity contribution in [3.8, 4) is 0 Å². The second-order valence-electron chi connectivity index (χ2n) is 4.13. The lowest BCUT2D eigenvalue weighted by molar-refractivity contribution is -0.150. The molecule has 5 nitrogen and oxygen atoms in total. The van der Waals surface area contributed by atoms with Crippen molar-refractivity contribution >= 4 is 11.9 Å². The normalized spacial score (nSPS) is 10.5. The molecule has 0 fully saturated rings. The molecular weight excluding hydrogens is 222 g/mol. The second-order valence-corrected chi connectivity index (χ2v) is 4.13. The van der Waals surface area contributed by atoms with E-state index in [-0.39, 0.29) is 11.8 Å². The van der Waals surface area contributed by atoms with Crippen molar-refractivity contribution in [2.75, 3.05) is 6.61 Å². The molecule has 0 aromatic carbocycles. The Morgan fingerprint density at radius 1 is 1.18 bits per heavy atom. The van der Waals surface area contributed by atoms with E-state index in [2.05, 4.69) is 24.2 Å². The topological polar surface area (TPSA) is 75.6 Å². The van der Waals surface area contributed by atoms with Gasteiger partial charge in [-0.05, 0) is 12.8 Å². The summed E-state index contributed by atoms with van der Waals surface area (Å²) in [5.74, 6) is -1.36. The van der Waals surface area contributed by atoms with E-state index in [1.54, 1.807) is 0 Å². The lowest BCUT2D eigenvalue weighted by Gasteiger charge is -2.15. The van der Waals surface area contributed by atoms with Gasteiger partial charge in [-0.3, -0.25) is 9.63 Å². The molecule has 0 aliphatic carbocycles. The molecule has 0 spiro atoms. The number of carbonyl (C=O) groups excluding carboxylic acids is 1. The zero-order chi connectivity index (χ0) is 13.1. The van der Waals surface area contributed by atoms with Crippen LogP contribution in [0.2, 0.25) is 0 Å². The summed E-state index contributed by atoms with van der Waals surface area (Å²) in [5.41, 5.74) is 2.21. The Bertz CT molecular complexity index is 223. The molecular formula is C12H23NO4. The van der Waals surface area contributed by atoms with Gasteiger partial charge in [-0.15, -0.1) is 0 Å². The average molecular weight is 245 g/mol. The first-order chi connectivity index (χ1) is 8.11. The molecule has 0 rings (SSSR count). The smallest absolute Gasteiger partial charge is 0.332 e. The van der Waals surface area contributed by atoms with Gasteiger partial charge >= 0.3 is 5.97 Å². The number of hydrogen-bond donors (Lipinski definition) is 2. The Morgan fingerprint density at radius 3 is 2.12 bits per heavy atom. The number of nitrogens with one attached hydrogen (secondary N) is 1. The van der Waals surface area contributed by atoms with Crippen molar-refractivity contribution in [3.63, 3.8) is 0 Å².